The minimum absolute atomic E-state index is 0.219. The third-order valence-corrected chi connectivity index (χ3v) is 2.99. The van der Waals surface area contributed by atoms with Gasteiger partial charge in [0.2, 0.25) is 0 Å². The quantitative estimate of drug-likeness (QED) is 0.750. The second-order valence-electron chi connectivity index (χ2n) is 4.20. The lowest BCUT2D eigenvalue weighted by atomic mass is 10.0. The van der Waals surface area contributed by atoms with Crippen LogP contribution in [0, 0.1) is 5.82 Å². The molecule has 0 aliphatic carbocycles. The van der Waals surface area contributed by atoms with Gasteiger partial charge in [-0.2, -0.15) is 0 Å². The Balaban J connectivity index is 2.71. The Hall–Kier alpha value is -1.35. The van der Waals surface area contributed by atoms with E-state index in [1.54, 1.807) is 6.07 Å². The van der Waals surface area contributed by atoms with E-state index in [1.807, 2.05) is 19.9 Å². The summed E-state index contributed by atoms with van der Waals surface area (Å²) in [7, 11) is 1.44. The second-order valence-corrected chi connectivity index (χ2v) is 4.56. The average Bonchev–Trinajstić information content (AvgIpc) is 2.27. The number of fused-ring (bicyclic) bond motifs is 1. The van der Waals surface area contributed by atoms with Gasteiger partial charge in [0, 0.05) is 11.5 Å². The molecule has 2 rings (SSSR count). The van der Waals surface area contributed by atoms with Crippen LogP contribution in [-0.2, 0) is 0 Å². The smallest absolute Gasteiger partial charge is 0.167 e. The predicted octanol–water partition coefficient (Wildman–Crippen LogP) is 4.16. The summed E-state index contributed by atoms with van der Waals surface area (Å²) in [6.45, 7) is 4.07. The zero-order valence-corrected chi connectivity index (χ0v) is 10.7. The summed E-state index contributed by atoms with van der Waals surface area (Å²) in [5.41, 5.74) is 1.49. The van der Waals surface area contributed by atoms with E-state index >= 15 is 0 Å². The van der Waals surface area contributed by atoms with Gasteiger partial charge in [-0.15, -0.1) is 0 Å². The van der Waals surface area contributed by atoms with Crippen molar-refractivity contribution in [3.05, 3.63) is 34.7 Å². The molecule has 0 aliphatic rings. The number of hydrogen-bond donors (Lipinski definition) is 0. The van der Waals surface area contributed by atoms with Crippen LogP contribution in [0.5, 0.6) is 5.75 Å². The Bertz CT molecular complexity index is 569. The number of halogens is 2. The van der Waals surface area contributed by atoms with Gasteiger partial charge in [0.25, 0.3) is 0 Å². The van der Waals surface area contributed by atoms with E-state index in [1.165, 1.54) is 13.2 Å². The average molecular weight is 254 g/mol. The van der Waals surface area contributed by atoms with Crippen LogP contribution in [0.25, 0.3) is 10.9 Å². The monoisotopic (exact) mass is 253 g/mol. The number of pyridine rings is 1. The molecule has 0 saturated carbocycles. The fourth-order valence-electron chi connectivity index (χ4n) is 1.73. The number of rotatable bonds is 2. The zero-order valence-electron chi connectivity index (χ0n) is 9.92. The summed E-state index contributed by atoms with van der Waals surface area (Å²) in [6.07, 6.45) is 0. The van der Waals surface area contributed by atoms with E-state index in [0.29, 0.717) is 10.7 Å². The molecule has 0 atom stereocenters. The van der Waals surface area contributed by atoms with Crippen molar-refractivity contribution in [3.8, 4) is 5.75 Å². The van der Waals surface area contributed by atoms with Crippen LogP contribution in [0.15, 0.2) is 18.2 Å². The van der Waals surface area contributed by atoms with Crippen molar-refractivity contribution >= 4 is 22.5 Å². The molecular formula is C13H13ClFNO. The molecule has 17 heavy (non-hydrogen) atoms. The van der Waals surface area contributed by atoms with Crippen molar-refractivity contribution in [1.82, 2.24) is 4.98 Å². The van der Waals surface area contributed by atoms with Gasteiger partial charge in [-0.25, -0.2) is 9.37 Å². The summed E-state index contributed by atoms with van der Waals surface area (Å²) in [5.74, 6) is 0.0626. The van der Waals surface area contributed by atoms with Crippen molar-refractivity contribution < 1.29 is 9.13 Å². The SMILES string of the molecule is COc1cc2cc(C(C)C)c(Cl)nc2cc1F. The molecule has 1 aromatic heterocycles. The molecule has 0 amide bonds. The van der Waals surface area contributed by atoms with E-state index in [0.717, 1.165) is 10.9 Å². The van der Waals surface area contributed by atoms with E-state index < -0.39 is 5.82 Å². The largest absolute Gasteiger partial charge is 0.494 e. The number of ether oxygens (including phenoxy) is 1. The highest BCUT2D eigenvalue weighted by Crippen LogP contribution is 2.30. The van der Waals surface area contributed by atoms with Crippen LogP contribution in [0.2, 0.25) is 5.15 Å². The van der Waals surface area contributed by atoms with Gasteiger partial charge in [-0.3, -0.25) is 0 Å². The molecule has 1 heterocycles. The van der Waals surface area contributed by atoms with Gasteiger partial charge in [-0.1, -0.05) is 25.4 Å². The molecule has 0 bridgehead atoms. The molecule has 0 aliphatic heterocycles. The number of benzene rings is 1. The van der Waals surface area contributed by atoms with E-state index in [2.05, 4.69) is 4.98 Å². The number of methoxy groups -OCH3 is 1. The lowest BCUT2D eigenvalue weighted by Gasteiger charge is -2.10. The maximum absolute atomic E-state index is 13.5. The molecule has 4 heteroatoms. The molecule has 0 unspecified atom stereocenters. The van der Waals surface area contributed by atoms with Gasteiger partial charge in [0.05, 0.1) is 12.6 Å². The summed E-state index contributed by atoms with van der Waals surface area (Å²) in [5, 5.41) is 1.26. The highest BCUT2D eigenvalue weighted by molar-refractivity contribution is 6.30. The third-order valence-electron chi connectivity index (χ3n) is 2.69. The fourth-order valence-corrected chi connectivity index (χ4v) is 2.09. The van der Waals surface area contributed by atoms with Crippen molar-refractivity contribution in [2.75, 3.05) is 7.11 Å². The number of aromatic nitrogens is 1. The maximum atomic E-state index is 13.5. The lowest BCUT2D eigenvalue weighted by molar-refractivity contribution is 0.387. The highest BCUT2D eigenvalue weighted by Gasteiger charge is 2.11. The van der Waals surface area contributed by atoms with E-state index in [-0.39, 0.29) is 11.7 Å². The molecule has 2 nitrogen and oxygen atoms in total. The molecule has 0 fully saturated rings. The Morgan fingerprint density at radius 1 is 1.29 bits per heavy atom. The van der Waals surface area contributed by atoms with Gasteiger partial charge in [-0.05, 0) is 23.6 Å². The molecular weight excluding hydrogens is 241 g/mol. The standard InChI is InChI=1S/C13H13ClFNO/c1-7(2)9-4-8-5-12(17-3)10(15)6-11(8)16-13(9)14/h4-7H,1-3H3. The van der Waals surface area contributed by atoms with Crippen LogP contribution in [-0.4, -0.2) is 12.1 Å². The first-order valence-corrected chi connectivity index (χ1v) is 5.74. The summed E-state index contributed by atoms with van der Waals surface area (Å²) < 4.78 is 18.5. The Labute approximate surface area is 104 Å². The first kappa shape index (κ1) is 12.1. The van der Waals surface area contributed by atoms with E-state index in [9.17, 15) is 4.39 Å². The summed E-state index contributed by atoms with van der Waals surface area (Å²) >= 11 is 6.06. The predicted molar refractivity (Wildman–Crippen MR) is 67.4 cm³/mol. The van der Waals surface area contributed by atoms with Crippen LogP contribution in [0.1, 0.15) is 25.3 Å². The van der Waals surface area contributed by atoms with Gasteiger partial charge < -0.3 is 4.74 Å². The minimum atomic E-state index is -0.430. The van der Waals surface area contributed by atoms with Crippen LogP contribution in [0.3, 0.4) is 0 Å². The zero-order chi connectivity index (χ0) is 12.6. The van der Waals surface area contributed by atoms with Crippen LogP contribution >= 0.6 is 11.6 Å². The Kier molecular flexibility index (Phi) is 3.20. The van der Waals surface area contributed by atoms with E-state index in [4.69, 9.17) is 16.3 Å². The number of nitrogens with zero attached hydrogens (tertiary/aromatic N) is 1. The molecule has 0 saturated heterocycles. The molecule has 2 aromatic rings. The van der Waals surface area contributed by atoms with Crippen molar-refractivity contribution in [2.24, 2.45) is 0 Å². The fraction of sp³-hybridized carbons (Fsp3) is 0.308. The molecule has 0 spiro atoms. The first-order chi connectivity index (χ1) is 8.02. The number of hydrogen-bond acceptors (Lipinski definition) is 2. The van der Waals surface area contributed by atoms with Crippen molar-refractivity contribution in [2.45, 2.75) is 19.8 Å². The molecule has 90 valence electrons. The summed E-state index contributed by atoms with van der Waals surface area (Å²) in [6, 6.07) is 4.90. The van der Waals surface area contributed by atoms with Crippen molar-refractivity contribution in [3.63, 3.8) is 0 Å². The molecule has 0 radical (unpaired) electrons. The topological polar surface area (TPSA) is 22.1 Å². The Morgan fingerprint density at radius 3 is 2.59 bits per heavy atom. The Morgan fingerprint density at radius 2 is 2.00 bits per heavy atom. The normalized spacial score (nSPS) is 11.2. The maximum Gasteiger partial charge on any atom is 0.167 e. The van der Waals surface area contributed by atoms with Gasteiger partial charge in [0.15, 0.2) is 11.6 Å². The van der Waals surface area contributed by atoms with Gasteiger partial charge >= 0.3 is 0 Å². The minimum Gasteiger partial charge on any atom is -0.494 e. The first-order valence-electron chi connectivity index (χ1n) is 5.36. The second kappa shape index (κ2) is 4.49. The molecule has 0 N–H and O–H groups in total. The lowest BCUT2D eigenvalue weighted by Crippen LogP contribution is -1.95. The third kappa shape index (κ3) is 2.20. The van der Waals surface area contributed by atoms with Crippen LogP contribution in [0.4, 0.5) is 4.39 Å². The highest BCUT2D eigenvalue weighted by atomic mass is 35.5. The molecule has 1 aromatic carbocycles. The van der Waals surface area contributed by atoms with Crippen LogP contribution < -0.4 is 4.74 Å². The summed E-state index contributed by atoms with van der Waals surface area (Å²) in [4.78, 5) is 4.20. The van der Waals surface area contributed by atoms with Gasteiger partial charge in [0.1, 0.15) is 5.15 Å². The van der Waals surface area contributed by atoms with Crippen molar-refractivity contribution in [1.29, 1.82) is 0 Å².